The van der Waals surface area contributed by atoms with Crippen LogP contribution in [0, 0.1) is 10.1 Å². The Hall–Kier alpha value is -2.21. The molecule has 17 heavy (non-hydrogen) atoms. The molecule has 0 aliphatic heterocycles. The van der Waals surface area contributed by atoms with Crippen molar-refractivity contribution in [1.29, 1.82) is 0 Å². The maximum Gasteiger partial charge on any atom is 0.390 e. The molecule has 0 radical (unpaired) electrons. The fourth-order valence-corrected chi connectivity index (χ4v) is 1.50. The van der Waals surface area contributed by atoms with Crippen LogP contribution in [0.2, 0.25) is 0 Å². The topological polar surface area (TPSA) is 81.2 Å². The minimum absolute atomic E-state index is 0.104. The van der Waals surface area contributed by atoms with E-state index in [0.717, 1.165) is 11.3 Å². The van der Waals surface area contributed by atoms with Gasteiger partial charge in [-0.15, -0.1) is 4.68 Å². The molecule has 0 saturated carbocycles. The van der Waals surface area contributed by atoms with E-state index in [1.807, 2.05) is 24.3 Å². The Morgan fingerprint density at radius 2 is 2.00 bits per heavy atom. The van der Waals surface area contributed by atoms with Crippen molar-refractivity contribution in [1.82, 2.24) is 9.78 Å². The van der Waals surface area contributed by atoms with Crippen molar-refractivity contribution in [3.63, 3.8) is 0 Å². The van der Waals surface area contributed by atoms with Crippen molar-refractivity contribution >= 4 is 5.82 Å². The molecule has 1 heterocycles. The molecule has 2 aromatic rings. The molecule has 1 N–H and O–H groups in total. The monoisotopic (exact) mass is 233 g/mol. The SMILES string of the molecule is O=[N+]([O-])c1ccn(-c2ccc(CCO)cc2)n1. The molecule has 1 aromatic carbocycles. The predicted octanol–water partition coefficient (Wildman–Crippen LogP) is 1.32. The van der Waals surface area contributed by atoms with E-state index in [1.165, 1.54) is 10.7 Å². The maximum atomic E-state index is 10.5. The molecule has 0 spiro atoms. The van der Waals surface area contributed by atoms with Gasteiger partial charge in [0.05, 0.1) is 23.0 Å². The lowest BCUT2D eigenvalue weighted by atomic mass is 10.1. The molecule has 6 heteroatoms. The molecule has 88 valence electrons. The molecule has 2 rings (SSSR count). The molecule has 0 saturated heterocycles. The Bertz CT molecular complexity index is 519. The zero-order valence-corrected chi connectivity index (χ0v) is 8.98. The number of rotatable bonds is 4. The average Bonchev–Trinajstić information content (AvgIpc) is 2.80. The molecule has 1 aromatic heterocycles. The van der Waals surface area contributed by atoms with Crippen molar-refractivity contribution in [2.24, 2.45) is 0 Å². The summed E-state index contributed by atoms with van der Waals surface area (Å²) in [6, 6.07) is 8.68. The first-order valence-corrected chi connectivity index (χ1v) is 5.11. The quantitative estimate of drug-likeness (QED) is 0.637. The second-order valence-corrected chi connectivity index (χ2v) is 3.52. The molecule has 0 aliphatic rings. The molecular weight excluding hydrogens is 222 g/mol. The molecule has 0 amide bonds. The second-order valence-electron chi connectivity index (χ2n) is 3.52. The van der Waals surface area contributed by atoms with Crippen LogP contribution in [0.25, 0.3) is 5.69 Å². The number of aliphatic hydroxyl groups is 1. The minimum atomic E-state index is -0.531. The van der Waals surface area contributed by atoms with Gasteiger partial charge in [0.2, 0.25) is 0 Å². The van der Waals surface area contributed by atoms with E-state index in [1.54, 1.807) is 6.20 Å². The van der Waals surface area contributed by atoms with Crippen molar-refractivity contribution < 1.29 is 10.0 Å². The Morgan fingerprint density at radius 3 is 2.53 bits per heavy atom. The van der Waals surface area contributed by atoms with Gasteiger partial charge in [0.15, 0.2) is 0 Å². The summed E-state index contributed by atoms with van der Waals surface area (Å²) < 4.78 is 1.45. The summed E-state index contributed by atoms with van der Waals surface area (Å²) in [4.78, 5) is 9.96. The van der Waals surface area contributed by atoms with Crippen LogP contribution in [0.5, 0.6) is 0 Å². The summed E-state index contributed by atoms with van der Waals surface area (Å²) in [5, 5.41) is 23.1. The lowest BCUT2D eigenvalue weighted by molar-refractivity contribution is -0.389. The van der Waals surface area contributed by atoms with Crippen LogP contribution in [0.1, 0.15) is 5.56 Å². The number of aliphatic hydroxyl groups excluding tert-OH is 1. The van der Waals surface area contributed by atoms with E-state index >= 15 is 0 Å². The summed E-state index contributed by atoms with van der Waals surface area (Å²) in [6.07, 6.45) is 2.14. The summed E-state index contributed by atoms with van der Waals surface area (Å²) in [5.74, 6) is -0.176. The molecule has 0 aliphatic carbocycles. The van der Waals surface area contributed by atoms with E-state index in [0.29, 0.717) is 6.42 Å². The number of benzene rings is 1. The predicted molar refractivity (Wildman–Crippen MR) is 61.0 cm³/mol. The van der Waals surface area contributed by atoms with Crippen molar-refractivity contribution in [3.8, 4) is 5.69 Å². The highest BCUT2D eigenvalue weighted by molar-refractivity contribution is 5.35. The van der Waals surface area contributed by atoms with Gasteiger partial charge in [0.1, 0.15) is 0 Å². The number of aromatic nitrogens is 2. The molecule has 0 atom stereocenters. The van der Waals surface area contributed by atoms with Gasteiger partial charge >= 0.3 is 5.82 Å². The molecule has 6 nitrogen and oxygen atoms in total. The Morgan fingerprint density at radius 1 is 1.29 bits per heavy atom. The molecule has 0 unspecified atom stereocenters. The van der Waals surface area contributed by atoms with Crippen LogP contribution >= 0.6 is 0 Å². The van der Waals surface area contributed by atoms with E-state index < -0.39 is 4.92 Å². The van der Waals surface area contributed by atoms with Gasteiger partial charge in [0.25, 0.3) is 0 Å². The molecular formula is C11H11N3O3. The van der Waals surface area contributed by atoms with Crippen molar-refractivity contribution in [3.05, 3.63) is 52.2 Å². The summed E-state index contributed by atoms with van der Waals surface area (Å²) in [7, 11) is 0. The van der Waals surface area contributed by atoms with Crippen molar-refractivity contribution in [2.75, 3.05) is 6.61 Å². The first kappa shape index (κ1) is 11.3. The van der Waals surface area contributed by atoms with Crippen LogP contribution in [-0.4, -0.2) is 26.4 Å². The second kappa shape index (κ2) is 4.75. The number of nitrogens with zero attached hydrogens (tertiary/aromatic N) is 3. The van der Waals surface area contributed by atoms with E-state index in [4.69, 9.17) is 5.11 Å². The largest absolute Gasteiger partial charge is 0.396 e. The maximum absolute atomic E-state index is 10.5. The van der Waals surface area contributed by atoms with Crippen LogP contribution < -0.4 is 0 Å². The van der Waals surface area contributed by atoms with Crippen LogP contribution in [0.3, 0.4) is 0 Å². The highest BCUT2D eigenvalue weighted by atomic mass is 16.6. The lowest BCUT2D eigenvalue weighted by Crippen LogP contribution is -1.97. The summed E-state index contributed by atoms with van der Waals surface area (Å²) in [5.41, 5.74) is 1.76. The number of nitro groups is 1. The molecule has 0 bridgehead atoms. The highest BCUT2D eigenvalue weighted by Gasteiger charge is 2.11. The number of hydrogen-bond acceptors (Lipinski definition) is 4. The van der Waals surface area contributed by atoms with Crippen molar-refractivity contribution in [2.45, 2.75) is 6.42 Å². The smallest absolute Gasteiger partial charge is 0.390 e. The summed E-state index contributed by atoms with van der Waals surface area (Å²) in [6.45, 7) is 0.104. The van der Waals surface area contributed by atoms with Crippen LogP contribution in [0.15, 0.2) is 36.5 Å². The van der Waals surface area contributed by atoms with Gasteiger partial charge in [-0.25, -0.2) is 0 Å². The fraction of sp³-hybridized carbons (Fsp3) is 0.182. The minimum Gasteiger partial charge on any atom is -0.396 e. The van der Waals surface area contributed by atoms with E-state index in [9.17, 15) is 10.1 Å². The van der Waals surface area contributed by atoms with Crippen LogP contribution in [-0.2, 0) is 6.42 Å². The number of hydrogen-bond donors (Lipinski definition) is 1. The van der Waals surface area contributed by atoms with Gasteiger partial charge < -0.3 is 15.2 Å². The normalized spacial score (nSPS) is 10.4. The van der Waals surface area contributed by atoms with Gasteiger partial charge in [0, 0.05) is 6.61 Å². The van der Waals surface area contributed by atoms with Gasteiger partial charge in [-0.05, 0) is 29.0 Å². The summed E-state index contributed by atoms with van der Waals surface area (Å²) >= 11 is 0. The Balaban J connectivity index is 2.23. The first-order valence-electron chi connectivity index (χ1n) is 5.11. The van der Waals surface area contributed by atoms with Crippen LogP contribution in [0.4, 0.5) is 5.82 Å². The van der Waals surface area contributed by atoms with Gasteiger partial charge in [-0.1, -0.05) is 12.1 Å². The average molecular weight is 233 g/mol. The fourth-order valence-electron chi connectivity index (χ4n) is 1.50. The highest BCUT2D eigenvalue weighted by Crippen LogP contribution is 2.13. The Labute approximate surface area is 97.3 Å². The first-order chi connectivity index (χ1) is 8.20. The van der Waals surface area contributed by atoms with E-state index in [2.05, 4.69) is 5.10 Å². The third-order valence-corrected chi connectivity index (χ3v) is 2.36. The van der Waals surface area contributed by atoms with Gasteiger partial charge in [-0.3, -0.25) is 0 Å². The third-order valence-electron chi connectivity index (χ3n) is 2.36. The molecule has 0 fully saturated rings. The standard InChI is InChI=1S/C11H11N3O3/c15-8-6-9-1-3-10(4-2-9)13-7-5-11(12-13)14(16)17/h1-5,7,15H,6,8H2. The zero-order valence-electron chi connectivity index (χ0n) is 8.98. The lowest BCUT2D eigenvalue weighted by Gasteiger charge is -2.00. The Kier molecular flexibility index (Phi) is 3.15. The zero-order chi connectivity index (χ0) is 12.3. The van der Waals surface area contributed by atoms with Gasteiger partial charge in [-0.2, -0.15) is 0 Å². The van der Waals surface area contributed by atoms with E-state index in [-0.39, 0.29) is 12.4 Å². The third kappa shape index (κ3) is 2.48.